The zero-order valence-corrected chi connectivity index (χ0v) is 15.7. The highest BCUT2D eigenvalue weighted by Gasteiger charge is 2.40. The van der Waals surface area contributed by atoms with Crippen LogP contribution in [-0.2, 0) is 4.79 Å². The lowest BCUT2D eigenvalue weighted by atomic mass is 10.2. The van der Waals surface area contributed by atoms with Gasteiger partial charge in [0.2, 0.25) is 0 Å². The first kappa shape index (κ1) is 18.5. The van der Waals surface area contributed by atoms with Gasteiger partial charge in [0.05, 0.1) is 12.0 Å². The summed E-state index contributed by atoms with van der Waals surface area (Å²) < 4.78 is 5.03. The van der Waals surface area contributed by atoms with Crippen LogP contribution in [0.3, 0.4) is 0 Å². The molecule has 0 atom stereocenters. The van der Waals surface area contributed by atoms with E-state index < -0.39 is 17.1 Å². The molecule has 26 heavy (non-hydrogen) atoms. The van der Waals surface area contributed by atoms with Crippen LogP contribution in [0.4, 0.5) is 4.79 Å². The predicted octanol–water partition coefficient (Wildman–Crippen LogP) is 4.88. The van der Waals surface area contributed by atoms with Gasteiger partial charge in [-0.2, -0.15) is 0 Å². The summed E-state index contributed by atoms with van der Waals surface area (Å²) in [7, 11) is 1.50. The minimum atomic E-state index is -0.694. The Labute approximate surface area is 163 Å². The number of methoxy groups -OCH3 is 1. The molecule has 1 saturated heterocycles. The second-order valence-corrected chi connectivity index (χ2v) is 7.05. The van der Waals surface area contributed by atoms with Crippen LogP contribution in [-0.4, -0.2) is 29.1 Å². The number of hydrogen-bond acceptors (Lipinski definition) is 5. The summed E-state index contributed by atoms with van der Waals surface area (Å²) in [6.45, 7) is 0. The van der Waals surface area contributed by atoms with Crippen molar-refractivity contribution in [2.24, 2.45) is 0 Å². The van der Waals surface area contributed by atoms with E-state index in [1.807, 2.05) is 0 Å². The molecule has 132 valence electrons. The number of imide groups is 3. The van der Waals surface area contributed by atoms with E-state index in [9.17, 15) is 14.4 Å². The summed E-state index contributed by atoms with van der Waals surface area (Å²) in [5.74, 6) is -0.819. The molecule has 3 amide bonds. The maximum absolute atomic E-state index is 12.5. The number of carbonyl (C=O) groups is 3. The Morgan fingerprint density at radius 1 is 1.12 bits per heavy atom. The Morgan fingerprint density at radius 2 is 1.81 bits per heavy atom. The zero-order valence-electron chi connectivity index (χ0n) is 13.4. The first-order valence-electron chi connectivity index (χ1n) is 7.32. The molecule has 0 unspecified atom stereocenters. The van der Waals surface area contributed by atoms with Crippen molar-refractivity contribution in [1.29, 1.82) is 0 Å². The molecule has 1 heterocycles. The maximum atomic E-state index is 12.5. The van der Waals surface area contributed by atoms with E-state index in [4.69, 9.17) is 27.9 Å². The van der Waals surface area contributed by atoms with E-state index in [1.165, 1.54) is 31.4 Å². The number of ether oxygens (including phenoxy) is 1. The number of nitrogens with zero attached hydrogens (tertiary/aromatic N) is 1. The fourth-order valence-electron chi connectivity index (χ4n) is 2.27. The highest BCUT2D eigenvalue weighted by atomic mass is 35.5. The molecule has 0 aliphatic carbocycles. The van der Waals surface area contributed by atoms with Gasteiger partial charge in [0.25, 0.3) is 11.8 Å². The molecule has 0 bridgehead atoms. The Morgan fingerprint density at radius 3 is 2.42 bits per heavy atom. The Kier molecular flexibility index (Phi) is 5.36. The molecule has 8 heteroatoms. The largest absolute Gasteiger partial charge is 0.497 e. The van der Waals surface area contributed by atoms with Gasteiger partial charge in [-0.15, -0.1) is 0 Å². The van der Waals surface area contributed by atoms with Gasteiger partial charge in [0.1, 0.15) is 5.75 Å². The molecule has 0 radical (unpaired) electrons. The van der Waals surface area contributed by atoms with E-state index in [-0.39, 0.29) is 10.5 Å². The smallest absolute Gasteiger partial charge is 0.300 e. The Balaban J connectivity index is 1.88. The van der Waals surface area contributed by atoms with E-state index in [0.717, 1.165) is 0 Å². The molecule has 0 spiro atoms. The molecule has 0 aromatic heterocycles. The summed E-state index contributed by atoms with van der Waals surface area (Å²) in [6.07, 6.45) is 1.46. The summed E-state index contributed by atoms with van der Waals surface area (Å²) in [5.41, 5.74) is 0.734. The van der Waals surface area contributed by atoms with Crippen molar-refractivity contribution < 1.29 is 19.1 Å². The number of halogens is 2. The van der Waals surface area contributed by atoms with Crippen molar-refractivity contribution >= 4 is 58.1 Å². The van der Waals surface area contributed by atoms with E-state index in [0.29, 0.717) is 38.0 Å². The monoisotopic (exact) mass is 407 g/mol. The number of hydrogen-bond donors (Lipinski definition) is 0. The van der Waals surface area contributed by atoms with Crippen LogP contribution in [0.1, 0.15) is 15.9 Å². The summed E-state index contributed by atoms with van der Waals surface area (Å²) >= 11 is 12.6. The third-order valence-electron chi connectivity index (χ3n) is 3.58. The Bertz CT molecular complexity index is 941. The van der Waals surface area contributed by atoms with Gasteiger partial charge in [0.15, 0.2) is 0 Å². The third-order valence-corrected chi connectivity index (χ3v) is 5.01. The molecule has 0 N–H and O–H groups in total. The first-order valence-corrected chi connectivity index (χ1v) is 8.89. The van der Waals surface area contributed by atoms with Gasteiger partial charge in [0, 0.05) is 15.6 Å². The van der Waals surface area contributed by atoms with Crippen LogP contribution in [0.2, 0.25) is 10.0 Å². The van der Waals surface area contributed by atoms with Gasteiger partial charge in [-0.3, -0.25) is 14.4 Å². The number of rotatable bonds is 3. The van der Waals surface area contributed by atoms with Crippen LogP contribution < -0.4 is 4.74 Å². The molecular formula is C18H11Cl2NO4S. The Hall–Kier alpha value is -2.28. The molecule has 3 rings (SSSR count). The summed E-state index contributed by atoms with van der Waals surface area (Å²) in [4.78, 5) is 38.0. The molecule has 2 aromatic carbocycles. The molecule has 1 aliphatic heterocycles. The number of thioether (sulfide) groups is 1. The molecule has 2 aromatic rings. The van der Waals surface area contributed by atoms with E-state index >= 15 is 0 Å². The average molecular weight is 408 g/mol. The average Bonchev–Trinajstić information content (AvgIpc) is 2.90. The number of amides is 3. The SMILES string of the molecule is COc1ccc(C(=O)N2C(=O)SC(=Cc3ccc(Cl)cc3Cl)C2=O)cc1. The van der Waals surface area contributed by atoms with Gasteiger partial charge < -0.3 is 4.74 Å². The van der Waals surface area contributed by atoms with E-state index in [2.05, 4.69) is 0 Å². The normalized spacial score (nSPS) is 15.7. The minimum absolute atomic E-state index is 0.112. The molecule has 1 fully saturated rings. The lowest BCUT2D eigenvalue weighted by Gasteiger charge is -2.10. The zero-order chi connectivity index (χ0) is 18.8. The molecule has 5 nitrogen and oxygen atoms in total. The summed E-state index contributed by atoms with van der Waals surface area (Å²) in [6, 6.07) is 10.9. The fraction of sp³-hybridized carbons (Fsp3) is 0.0556. The third kappa shape index (κ3) is 3.62. The van der Waals surface area contributed by atoms with Crippen molar-refractivity contribution in [2.75, 3.05) is 7.11 Å². The number of benzene rings is 2. The van der Waals surface area contributed by atoms with Crippen molar-refractivity contribution in [3.63, 3.8) is 0 Å². The molecular weight excluding hydrogens is 397 g/mol. The van der Waals surface area contributed by atoms with Crippen molar-refractivity contribution in [3.8, 4) is 5.75 Å². The molecule has 0 saturated carbocycles. The lowest BCUT2D eigenvalue weighted by Crippen LogP contribution is -2.34. The maximum Gasteiger partial charge on any atom is 0.300 e. The fourth-order valence-corrected chi connectivity index (χ4v) is 3.54. The summed E-state index contributed by atoms with van der Waals surface area (Å²) in [5, 5.41) is 0.132. The highest BCUT2D eigenvalue weighted by molar-refractivity contribution is 8.18. The van der Waals surface area contributed by atoms with Crippen LogP contribution in [0.15, 0.2) is 47.4 Å². The predicted molar refractivity (Wildman–Crippen MR) is 102 cm³/mol. The second kappa shape index (κ2) is 7.53. The lowest BCUT2D eigenvalue weighted by molar-refractivity contribution is -0.120. The van der Waals surface area contributed by atoms with Crippen molar-refractivity contribution in [2.45, 2.75) is 0 Å². The second-order valence-electron chi connectivity index (χ2n) is 5.22. The van der Waals surface area contributed by atoms with Crippen LogP contribution in [0, 0.1) is 0 Å². The van der Waals surface area contributed by atoms with Gasteiger partial charge in [-0.25, -0.2) is 4.90 Å². The highest BCUT2D eigenvalue weighted by Crippen LogP contribution is 2.35. The first-order chi connectivity index (χ1) is 12.4. The van der Waals surface area contributed by atoms with Gasteiger partial charge in [-0.1, -0.05) is 29.3 Å². The standard InChI is InChI=1S/C18H11Cl2NO4S/c1-25-13-6-3-10(4-7-13)16(22)21-17(23)15(26-18(21)24)8-11-2-5-12(19)9-14(11)20/h2-9H,1H3. The van der Waals surface area contributed by atoms with Crippen LogP contribution in [0.25, 0.3) is 6.08 Å². The van der Waals surface area contributed by atoms with Crippen molar-refractivity contribution in [1.82, 2.24) is 4.90 Å². The minimum Gasteiger partial charge on any atom is -0.497 e. The van der Waals surface area contributed by atoms with Gasteiger partial charge >= 0.3 is 5.24 Å². The van der Waals surface area contributed by atoms with Crippen molar-refractivity contribution in [3.05, 3.63) is 68.5 Å². The topological polar surface area (TPSA) is 63.7 Å². The molecule has 1 aliphatic rings. The quantitative estimate of drug-likeness (QED) is 0.535. The van der Waals surface area contributed by atoms with Crippen LogP contribution in [0.5, 0.6) is 5.75 Å². The number of carbonyl (C=O) groups excluding carboxylic acids is 3. The van der Waals surface area contributed by atoms with Crippen LogP contribution >= 0.6 is 35.0 Å². The van der Waals surface area contributed by atoms with E-state index in [1.54, 1.807) is 24.3 Å². The van der Waals surface area contributed by atoms with Gasteiger partial charge in [-0.05, 0) is 59.8 Å².